The average Bonchev–Trinajstić information content (AvgIpc) is 2.77. The maximum absolute atomic E-state index is 12.6. The summed E-state index contributed by atoms with van der Waals surface area (Å²) in [5, 5.41) is 4.90. The molecule has 8 nitrogen and oxygen atoms in total. The molecule has 0 bridgehead atoms. The summed E-state index contributed by atoms with van der Waals surface area (Å²) in [5.41, 5.74) is 4.24. The number of aryl methyl sites for hydroxylation is 1. The van der Waals surface area contributed by atoms with Crippen molar-refractivity contribution in [1.29, 1.82) is 0 Å². The molecule has 0 aliphatic carbocycles. The monoisotopic (exact) mass is 529 g/mol. The average molecular weight is 531 g/mol. The lowest BCUT2D eigenvalue weighted by Crippen LogP contribution is -2.52. The lowest BCUT2D eigenvalue weighted by molar-refractivity contribution is 0.0623. The third-order valence-electron chi connectivity index (χ3n) is 5.91. The first-order valence-corrected chi connectivity index (χ1v) is 12.4. The van der Waals surface area contributed by atoms with Crippen molar-refractivity contribution in [2.45, 2.75) is 45.2 Å². The summed E-state index contributed by atoms with van der Waals surface area (Å²) in [6, 6.07) is 1.68. The molecule has 1 aromatic heterocycles. The van der Waals surface area contributed by atoms with Crippen LogP contribution in [0.3, 0.4) is 0 Å². The molecule has 34 heavy (non-hydrogen) atoms. The van der Waals surface area contributed by atoms with Crippen molar-refractivity contribution in [3.05, 3.63) is 51.1 Å². The summed E-state index contributed by atoms with van der Waals surface area (Å²) in [6.45, 7) is 10.5. The van der Waals surface area contributed by atoms with Gasteiger partial charge in [0.05, 0.1) is 12.7 Å². The molecule has 1 saturated heterocycles. The van der Waals surface area contributed by atoms with Crippen molar-refractivity contribution in [2.75, 3.05) is 33.3 Å². The molecule has 0 spiro atoms. The fourth-order valence-corrected chi connectivity index (χ4v) is 4.89. The Hall–Kier alpha value is -1.78. The number of halogens is 2. The maximum atomic E-state index is 12.6. The van der Waals surface area contributed by atoms with Gasteiger partial charge in [-0.2, -0.15) is 12.6 Å². The minimum atomic E-state index is -0.281. The van der Waals surface area contributed by atoms with Crippen LogP contribution in [0.2, 0.25) is 10.3 Å². The van der Waals surface area contributed by atoms with Gasteiger partial charge in [-0.25, -0.2) is 15.3 Å². The van der Waals surface area contributed by atoms with Gasteiger partial charge < -0.3 is 15.1 Å². The molecule has 0 saturated carbocycles. The molecule has 1 unspecified atom stereocenters. The minimum absolute atomic E-state index is 0.0749. The number of hydrogen-bond acceptors (Lipinski definition) is 6. The fourth-order valence-electron chi connectivity index (χ4n) is 4.06. The number of urea groups is 1. The van der Waals surface area contributed by atoms with Crippen LogP contribution >= 0.6 is 35.8 Å². The Morgan fingerprint density at radius 2 is 2.09 bits per heavy atom. The zero-order valence-electron chi connectivity index (χ0n) is 19.8. The number of nitrogens with zero attached hydrogens (tertiary/aromatic N) is 3. The van der Waals surface area contributed by atoms with Crippen molar-refractivity contribution in [1.82, 2.24) is 25.6 Å². The normalized spacial score (nSPS) is 15.8. The molecule has 11 heteroatoms. The maximum Gasteiger partial charge on any atom is 0.341 e. The summed E-state index contributed by atoms with van der Waals surface area (Å²) < 4.78 is 0. The first-order chi connectivity index (χ1) is 16.2. The number of hydroxylamine groups is 1. The van der Waals surface area contributed by atoms with Gasteiger partial charge in [0, 0.05) is 38.3 Å². The van der Waals surface area contributed by atoms with E-state index in [-0.39, 0.29) is 34.3 Å². The van der Waals surface area contributed by atoms with Crippen LogP contribution in [-0.2, 0) is 4.84 Å². The zero-order valence-corrected chi connectivity index (χ0v) is 22.2. The molecule has 2 heterocycles. The summed E-state index contributed by atoms with van der Waals surface area (Å²) in [4.78, 5) is 38.0. The number of likely N-dealkylation sites (tertiary alicyclic amines) is 1. The molecule has 1 atom stereocenters. The summed E-state index contributed by atoms with van der Waals surface area (Å²) in [6.07, 6.45) is 4.22. The number of thiol groups is 1. The van der Waals surface area contributed by atoms with Crippen LogP contribution in [0, 0.1) is 6.92 Å². The molecule has 1 aliphatic rings. The van der Waals surface area contributed by atoms with E-state index in [1.54, 1.807) is 29.4 Å². The Morgan fingerprint density at radius 3 is 2.68 bits per heavy atom. The van der Waals surface area contributed by atoms with Gasteiger partial charge in [0.25, 0.3) is 5.91 Å². The van der Waals surface area contributed by atoms with Crippen LogP contribution < -0.4 is 10.8 Å². The lowest BCUT2D eigenvalue weighted by Gasteiger charge is -2.40. The van der Waals surface area contributed by atoms with Gasteiger partial charge >= 0.3 is 6.03 Å². The van der Waals surface area contributed by atoms with E-state index in [9.17, 15) is 9.59 Å². The molecule has 2 rings (SSSR count). The molecule has 1 fully saturated rings. The van der Waals surface area contributed by atoms with Crippen LogP contribution in [0.4, 0.5) is 4.79 Å². The highest BCUT2D eigenvalue weighted by Crippen LogP contribution is 2.22. The second-order valence-electron chi connectivity index (χ2n) is 8.30. The molecule has 1 aromatic rings. The lowest BCUT2D eigenvalue weighted by atomic mass is 10.0. The molecular formula is C23H33Cl2N5O3S. The highest BCUT2D eigenvalue weighted by molar-refractivity contribution is 7.83. The Kier molecular flexibility index (Phi) is 11.7. The van der Waals surface area contributed by atoms with E-state index in [0.29, 0.717) is 24.2 Å². The summed E-state index contributed by atoms with van der Waals surface area (Å²) >= 11 is 16.1. The van der Waals surface area contributed by atoms with Crippen LogP contribution in [0.5, 0.6) is 0 Å². The van der Waals surface area contributed by atoms with E-state index >= 15 is 0 Å². The molecule has 0 aromatic carbocycles. The Balaban J connectivity index is 1.86. The molecule has 188 valence electrons. The van der Waals surface area contributed by atoms with Gasteiger partial charge in [-0.1, -0.05) is 35.9 Å². The first-order valence-electron chi connectivity index (χ1n) is 11.1. The summed E-state index contributed by atoms with van der Waals surface area (Å²) in [7, 11) is 1.42. The van der Waals surface area contributed by atoms with Crippen molar-refractivity contribution < 1.29 is 14.4 Å². The number of carbonyl (C=O) groups is 2. The highest BCUT2D eigenvalue weighted by Gasteiger charge is 2.29. The van der Waals surface area contributed by atoms with Gasteiger partial charge in [-0.15, -0.1) is 0 Å². The zero-order chi connectivity index (χ0) is 25.3. The van der Waals surface area contributed by atoms with E-state index in [1.165, 1.54) is 7.11 Å². The predicted octanol–water partition coefficient (Wildman–Crippen LogP) is 4.24. The third kappa shape index (κ3) is 8.16. The molecule has 3 amide bonds. The van der Waals surface area contributed by atoms with E-state index < -0.39 is 0 Å². The number of aromatic nitrogens is 1. The van der Waals surface area contributed by atoms with E-state index in [4.69, 9.17) is 28.0 Å². The highest BCUT2D eigenvalue weighted by atomic mass is 35.5. The Morgan fingerprint density at radius 1 is 1.41 bits per heavy atom. The fraction of sp³-hybridized carbons (Fsp3) is 0.522. The number of nitrogens with one attached hydrogen (secondary N) is 2. The Bertz CT molecular complexity index is 884. The standard InChI is InChI=1S/C23H33Cl2N5O3S/c1-15(8-12-34)14-30(23(32)28-33-4)18-6-10-29(11-7-18)17(3)5-9-26-22(31)20-16(2)13-19(24)27-21(20)25/h8,12-13,17-18,34H,1,5-7,9-11,14H2,2-4H3,(H,26,31)(H,28,32)/b12-8-. The van der Waals surface area contributed by atoms with E-state index in [0.717, 1.165) is 37.9 Å². The molecule has 1 aliphatic heterocycles. The second kappa shape index (κ2) is 13.9. The number of amides is 3. The SMILES string of the molecule is C=C(/C=C\S)CN(C(=O)NOC)C1CCN(C(C)CCNC(=O)c2c(C)cc(Cl)nc2Cl)CC1. The number of hydrogen-bond donors (Lipinski definition) is 3. The minimum Gasteiger partial charge on any atom is -0.352 e. The van der Waals surface area contributed by atoms with Crippen molar-refractivity contribution in [2.24, 2.45) is 0 Å². The van der Waals surface area contributed by atoms with Crippen LogP contribution in [-0.4, -0.2) is 72.1 Å². The molecular weight excluding hydrogens is 497 g/mol. The first kappa shape index (κ1) is 28.5. The van der Waals surface area contributed by atoms with Crippen molar-refractivity contribution in [3.8, 4) is 0 Å². The van der Waals surface area contributed by atoms with E-state index in [1.807, 2.05) is 0 Å². The topological polar surface area (TPSA) is 86.8 Å². The van der Waals surface area contributed by atoms with Gasteiger partial charge in [-0.05, 0) is 55.7 Å². The van der Waals surface area contributed by atoms with Gasteiger partial charge in [0.2, 0.25) is 0 Å². The number of piperidine rings is 1. The van der Waals surface area contributed by atoms with Crippen LogP contribution in [0.1, 0.15) is 42.1 Å². The predicted molar refractivity (Wildman–Crippen MR) is 140 cm³/mol. The summed E-state index contributed by atoms with van der Waals surface area (Å²) in [5.74, 6) is -0.257. The number of pyridine rings is 1. The smallest absolute Gasteiger partial charge is 0.341 e. The van der Waals surface area contributed by atoms with Crippen molar-refractivity contribution in [3.63, 3.8) is 0 Å². The van der Waals surface area contributed by atoms with E-state index in [2.05, 4.69) is 46.8 Å². The third-order valence-corrected chi connectivity index (χ3v) is 6.53. The van der Waals surface area contributed by atoms with Crippen LogP contribution in [0.25, 0.3) is 0 Å². The molecule has 2 N–H and O–H groups in total. The number of carbonyl (C=O) groups excluding carboxylic acids is 2. The van der Waals surface area contributed by atoms with Gasteiger partial charge in [0.15, 0.2) is 0 Å². The second-order valence-corrected chi connectivity index (χ2v) is 9.35. The Labute approximate surface area is 217 Å². The van der Waals surface area contributed by atoms with Gasteiger partial charge in [-0.3, -0.25) is 9.63 Å². The quantitative estimate of drug-likeness (QED) is 0.182. The van der Waals surface area contributed by atoms with Gasteiger partial charge in [0.1, 0.15) is 10.3 Å². The van der Waals surface area contributed by atoms with Crippen LogP contribution in [0.15, 0.2) is 29.7 Å². The largest absolute Gasteiger partial charge is 0.352 e. The number of rotatable bonds is 10. The van der Waals surface area contributed by atoms with Crippen molar-refractivity contribution >= 4 is 47.8 Å². The molecule has 0 radical (unpaired) electrons.